The summed E-state index contributed by atoms with van der Waals surface area (Å²) in [5, 5.41) is 11.7. The van der Waals surface area contributed by atoms with Crippen molar-refractivity contribution in [3.05, 3.63) is 48.6 Å². The Labute approximate surface area is 143 Å². The molecule has 0 saturated carbocycles. The molecule has 1 aromatic rings. The van der Waals surface area contributed by atoms with Crippen LogP contribution < -0.4 is 5.32 Å². The number of carboxylic acid groups (broad SMARTS) is 1. The highest BCUT2D eigenvalue weighted by atomic mass is 16.6. The van der Waals surface area contributed by atoms with Crippen molar-refractivity contribution in [2.24, 2.45) is 5.92 Å². The molecule has 1 amide bonds. The van der Waals surface area contributed by atoms with Crippen LogP contribution in [0.5, 0.6) is 0 Å². The summed E-state index contributed by atoms with van der Waals surface area (Å²) in [6.45, 7) is 7.51. The minimum absolute atomic E-state index is 0.160. The minimum atomic E-state index is -1.05. The Kier molecular flexibility index (Phi) is 8.61. The smallest absolute Gasteiger partial charge is 0.408 e. The number of carbonyl (C=O) groups excluding carboxylic acids is 1. The molecular weight excluding hydrogens is 306 g/mol. The molecule has 0 aliphatic rings. The molecule has 1 rings (SSSR count). The van der Waals surface area contributed by atoms with Gasteiger partial charge in [0.2, 0.25) is 0 Å². The maximum absolute atomic E-state index is 12.1. The zero-order chi connectivity index (χ0) is 17.9. The Morgan fingerprint density at radius 1 is 1.29 bits per heavy atom. The van der Waals surface area contributed by atoms with E-state index in [2.05, 4.69) is 11.9 Å². The van der Waals surface area contributed by atoms with Crippen molar-refractivity contribution in [1.82, 2.24) is 5.32 Å². The third-order valence-electron chi connectivity index (χ3n) is 3.57. The van der Waals surface area contributed by atoms with E-state index in [0.29, 0.717) is 19.3 Å². The molecule has 0 bridgehead atoms. The third-order valence-corrected chi connectivity index (χ3v) is 3.57. The van der Waals surface area contributed by atoms with Gasteiger partial charge in [0, 0.05) is 6.42 Å². The van der Waals surface area contributed by atoms with Crippen LogP contribution in [0.25, 0.3) is 0 Å². The van der Waals surface area contributed by atoms with Crippen LogP contribution in [-0.4, -0.2) is 29.3 Å². The summed E-state index contributed by atoms with van der Waals surface area (Å²) in [5.74, 6) is -0.890. The second-order valence-corrected chi connectivity index (χ2v) is 6.25. The highest BCUT2D eigenvalue weighted by Gasteiger charge is 2.23. The number of hydrogen-bond donors (Lipinski definition) is 2. The molecule has 0 spiro atoms. The fraction of sp³-hybridized carbons (Fsp3) is 0.474. The lowest BCUT2D eigenvalue weighted by Crippen LogP contribution is -2.43. The lowest BCUT2D eigenvalue weighted by atomic mass is 10.0. The first-order valence-electron chi connectivity index (χ1n) is 8.27. The summed E-state index contributed by atoms with van der Waals surface area (Å²) in [4.78, 5) is 23.3. The zero-order valence-electron chi connectivity index (χ0n) is 14.4. The van der Waals surface area contributed by atoms with E-state index in [0.717, 1.165) is 12.0 Å². The predicted octanol–water partition coefficient (Wildman–Crippen LogP) is 3.79. The van der Waals surface area contributed by atoms with Crippen LogP contribution in [0.3, 0.4) is 0 Å². The van der Waals surface area contributed by atoms with Crippen molar-refractivity contribution in [3.8, 4) is 0 Å². The van der Waals surface area contributed by atoms with E-state index in [9.17, 15) is 14.7 Å². The van der Waals surface area contributed by atoms with E-state index in [1.165, 1.54) is 0 Å². The number of ether oxygens (including phenoxy) is 1. The molecule has 1 unspecified atom stereocenters. The third kappa shape index (κ3) is 7.81. The first kappa shape index (κ1) is 19.7. The second-order valence-electron chi connectivity index (χ2n) is 6.25. The Bertz CT molecular complexity index is 527. The summed E-state index contributed by atoms with van der Waals surface area (Å²) in [5.41, 5.74) is 1.07. The van der Waals surface area contributed by atoms with Gasteiger partial charge in [-0.2, -0.15) is 0 Å². The number of aliphatic carboxylic acids is 1. The molecule has 5 heteroatoms. The van der Waals surface area contributed by atoms with Crippen LogP contribution in [0.2, 0.25) is 0 Å². The van der Waals surface area contributed by atoms with Crippen LogP contribution in [0.4, 0.5) is 4.79 Å². The topological polar surface area (TPSA) is 75.6 Å². The molecule has 0 aliphatic carbocycles. The van der Waals surface area contributed by atoms with Gasteiger partial charge >= 0.3 is 12.1 Å². The van der Waals surface area contributed by atoms with Gasteiger partial charge in [0.05, 0.1) is 0 Å². The van der Waals surface area contributed by atoms with Crippen molar-refractivity contribution >= 4 is 12.1 Å². The van der Waals surface area contributed by atoms with Crippen molar-refractivity contribution in [1.29, 1.82) is 0 Å². The quantitative estimate of drug-likeness (QED) is 0.639. The van der Waals surface area contributed by atoms with Crippen LogP contribution in [-0.2, 0) is 16.0 Å². The molecule has 0 saturated heterocycles. The monoisotopic (exact) mass is 333 g/mol. The van der Waals surface area contributed by atoms with Crippen LogP contribution in [0, 0.1) is 5.92 Å². The molecule has 0 aromatic heterocycles. The Balaban J connectivity index is 2.65. The number of amides is 1. The molecule has 0 radical (unpaired) electrons. The van der Waals surface area contributed by atoms with E-state index >= 15 is 0 Å². The molecule has 5 nitrogen and oxygen atoms in total. The number of hydrogen-bond acceptors (Lipinski definition) is 3. The molecule has 0 aliphatic heterocycles. The first-order chi connectivity index (χ1) is 11.4. The Hall–Kier alpha value is -2.30. The maximum Gasteiger partial charge on any atom is 0.408 e. The normalized spacial score (nSPS) is 13.1. The number of rotatable bonds is 10. The predicted molar refractivity (Wildman–Crippen MR) is 93.9 cm³/mol. The minimum Gasteiger partial charge on any atom is -0.480 e. The largest absolute Gasteiger partial charge is 0.480 e. The standard InChI is InChI=1S/C19H27NO4/c1-4-5-11-16(13-15-9-7-6-8-10-15)24-19(23)20-17(18(21)22)12-14(2)3/h4,6-10,14,16-17H,1,5,11-13H2,2-3H3,(H,20,23)(H,21,22)/t16?,17-/m0/s1. The van der Waals surface area contributed by atoms with Gasteiger partial charge in [-0.15, -0.1) is 6.58 Å². The molecule has 132 valence electrons. The molecule has 1 aromatic carbocycles. The van der Waals surface area contributed by atoms with E-state index < -0.39 is 18.1 Å². The summed E-state index contributed by atoms with van der Waals surface area (Å²) in [6, 6.07) is 8.81. The van der Waals surface area contributed by atoms with Crippen molar-refractivity contribution in [2.75, 3.05) is 0 Å². The van der Waals surface area contributed by atoms with E-state index in [4.69, 9.17) is 4.74 Å². The van der Waals surface area contributed by atoms with Gasteiger partial charge in [-0.1, -0.05) is 50.3 Å². The van der Waals surface area contributed by atoms with Gasteiger partial charge in [-0.05, 0) is 30.7 Å². The lowest BCUT2D eigenvalue weighted by Gasteiger charge is -2.21. The summed E-state index contributed by atoms with van der Waals surface area (Å²) < 4.78 is 5.46. The van der Waals surface area contributed by atoms with Gasteiger partial charge < -0.3 is 15.2 Å². The lowest BCUT2D eigenvalue weighted by molar-refractivity contribution is -0.139. The number of nitrogens with one attached hydrogen (secondary N) is 1. The van der Waals surface area contributed by atoms with Crippen LogP contribution >= 0.6 is 0 Å². The maximum atomic E-state index is 12.1. The van der Waals surface area contributed by atoms with Crippen LogP contribution in [0.15, 0.2) is 43.0 Å². The molecule has 24 heavy (non-hydrogen) atoms. The fourth-order valence-electron chi connectivity index (χ4n) is 2.40. The van der Waals surface area contributed by atoms with E-state index in [1.54, 1.807) is 6.08 Å². The van der Waals surface area contributed by atoms with Gasteiger partial charge in [0.15, 0.2) is 0 Å². The van der Waals surface area contributed by atoms with Gasteiger partial charge in [-0.25, -0.2) is 9.59 Å². The number of carbonyl (C=O) groups is 2. The van der Waals surface area contributed by atoms with Gasteiger partial charge in [0.25, 0.3) is 0 Å². The Morgan fingerprint density at radius 2 is 1.96 bits per heavy atom. The van der Waals surface area contributed by atoms with Gasteiger partial charge in [-0.3, -0.25) is 0 Å². The van der Waals surface area contributed by atoms with Crippen molar-refractivity contribution in [2.45, 2.75) is 51.7 Å². The number of carboxylic acids is 1. The van der Waals surface area contributed by atoms with Crippen LogP contribution in [0.1, 0.15) is 38.7 Å². The molecule has 0 fully saturated rings. The van der Waals surface area contributed by atoms with Crippen molar-refractivity contribution < 1.29 is 19.4 Å². The van der Waals surface area contributed by atoms with E-state index in [1.807, 2.05) is 44.2 Å². The molecular formula is C19H27NO4. The number of allylic oxidation sites excluding steroid dienone is 1. The number of alkyl carbamates (subject to hydrolysis) is 1. The number of benzene rings is 1. The zero-order valence-corrected chi connectivity index (χ0v) is 14.4. The molecule has 0 heterocycles. The molecule has 2 N–H and O–H groups in total. The highest BCUT2D eigenvalue weighted by molar-refractivity contribution is 5.79. The van der Waals surface area contributed by atoms with Crippen molar-refractivity contribution in [3.63, 3.8) is 0 Å². The average molecular weight is 333 g/mol. The summed E-state index contributed by atoms with van der Waals surface area (Å²) >= 11 is 0. The average Bonchev–Trinajstić information content (AvgIpc) is 2.52. The summed E-state index contributed by atoms with van der Waals surface area (Å²) in [6.07, 6.45) is 3.09. The highest BCUT2D eigenvalue weighted by Crippen LogP contribution is 2.12. The van der Waals surface area contributed by atoms with Gasteiger partial charge in [0.1, 0.15) is 12.1 Å². The fourth-order valence-corrected chi connectivity index (χ4v) is 2.40. The summed E-state index contributed by atoms with van der Waals surface area (Å²) in [7, 11) is 0. The second kappa shape index (κ2) is 10.5. The SMILES string of the molecule is C=CCCC(Cc1ccccc1)OC(=O)N[C@@H](CC(C)C)C(=O)O. The molecule has 2 atom stereocenters. The Morgan fingerprint density at radius 3 is 2.50 bits per heavy atom. The first-order valence-corrected chi connectivity index (χ1v) is 8.27. The van der Waals surface area contributed by atoms with E-state index in [-0.39, 0.29) is 12.0 Å².